The van der Waals surface area contributed by atoms with Gasteiger partial charge in [-0.2, -0.15) is 0 Å². The van der Waals surface area contributed by atoms with Crippen LogP contribution >= 0.6 is 0 Å². The summed E-state index contributed by atoms with van der Waals surface area (Å²) in [4.78, 5) is 0. The molecule has 2 heteroatoms. The lowest BCUT2D eigenvalue weighted by atomic mass is 9.87. The first-order chi connectivity index (χ1) is 7.74. The van der Waals surface area contributed by atoms with Crippen LogP contribution in [-0.4, -0.2) is 25.8 Å². The number of hydrogen-bond donors (Lipinski definition) is 1. The summed E-state index contributed by atoms with van der Waals surface area (Å²) >= 11 is 0. The molecule has 0 radical (unpaired) electrons. The minimum absolute atomic E-state index is 0.517. The summed E-state index contributed by atoms with van der Waals surface area (Å²) in [5.41, 5.74) is 0. The highest BCUT2D eigenvalue weighted by molar-refractivity contribution is 5.11. The monoisotopic (exact) mass is 223 g/mol. The number of rotatable bonds is 6. The van der Waals surface area contributed by atoms with Crippen molar-refractivity contribution < 1.29 is 4.74 Å². The van der Waals surface area contributed by atoms with Crippen molar-refractivity contribution in [3.63, 3.8) is 0 Å². The van der Waals surface area contributed by atoms with E-state index in [1.165, 1.54) is 12.8 Å². The number of methoxy groups -OCH3 is 1. The Balaban J connectivity index is 1.83. The van der Waals surface area contributed by atoms with E-state index in [4.69, 9.17) is 4.74 Å². The van der Waals surface area contributed by atoms with Gasteiger partial charge in [0.05, 0.1) is 6.61 Å². The molecule has 5 unspecified atom stereocenters. The van der Waals surface area contributed by atoms with Crippen molar-refractivity contribution in [2.75, 3.05) is 13.7 Å². The van der Waals surface area contributed by atoms with Gasteiger partial charge in [0.25, 0.3) is 0 Å². The number of fused-ring (bicyclic) bond motifs is 2. The van der Waals surface area contributed by atoms with Gasteiger partial charge in [-0.1, -0.05) is 19.1 Å². The maximum Gasteiger partial charge on any atom is 0.0615 e. The third kappa shape index (κ3) is 2.49. The fourth-order valence-electron chi connectivity index (χ4n) is 3.38. The topological polar surface area (TPSA) is 21.3 Å². The average Bonchev–Trinajstić information content (AvgIpc) is 2.89. The number of ether oxygens (including phenoxy) is 1. The molecule has 2 bridgehead atoms. The van der Waals surface area contributed by atoms with Crippen molar-refractivity contribution >= 4 is 0 Å². The SMILES string of the molecule is CCC(COC)NC(C)C1CC2C=CC1C2. The summed E-state index contributed by atoms with van der Waals surface area (Å²) in [7, 11) is 1.79. The predicted octanol–water partition coefficient (Wildman–Crippen LogP) is 2.60. The summed E-state index contributed by atoms with van der Waals surface area (Å²) in [5.74, 6) is 2.57. The van der Waals surface area contributed by atoms with Crippen molar-refractivity contribution in [3.05, 3.63) is 12.2 Å². The predicted molar refractivity (Wildman–Crippen MR) is 67.4 cm³/mol. The highest BCUT2D eigenvalue weighted by Gasteiger charge is 2.38. The lowest BCUT2D eigenvalue weighted by molar-refractivity contribution is 0.150. The van der Waals surface area contributed by atoms with Gasteiger partial charge >= 0.3 is 0 Å². The Kier molecular flexibility index (Phi) is 4.04. The van der Waals surface area contributed by atoms with Crippen molar-refractivity contribution in [2.45, 2.75) is 45.2 Å². The summed E-state index contributed by atoms with van der Waals surface area (Å²) in [6.07, 6.45) is 8.79. The van der Waals surface area contributed by atoms with E-state index in [2.05, 4.69) is 31.3 Å². The number of hydrogen-bond acceptors (Lipinski definition) is 2. The lowest BCUT2D eigenvalue weighted by Crippen LogP contribution is -2.44. The Morgan fingerprint density at radius 1 is 1.38 bits per heavy atom. The van der Waals surface area contributed by atoms with Crippen LogP contribution in [-0.2, 0) is 4.74 Å². The quantitative estimate of drug-likeness (QED) is 0.699. The molecular weight excluding hydrogens is 198 g/mol. The molecule has 0 aromatic heterocycles. The molecule has 2 rings (SSSR count). The standard InChI is InChI=1S/C14H25NO/c1-4-13(9-16-3)15-10(2)14-8-11-5-6-12(14)7-11/h5-6,10-15H,4,7-9H2,1-3H3. The molecule has 2 aliphatic carbocycles. The van der Waals surface area contributed by atoms with Gasteiger partial charge in [0.1, 0.15) is 0 Å². The molecule has 5 atom stereocenters. The molecule has 1 saturated carbocycles. The first-order valence-corrected chi connectivity index (χ1v) is 6.67. The van der Waals surface area contributed by atoms with Crippen LogP contribution in [0, 0.1) is 17.8 Å². The lowest BCUT2D eigenvalue weighted by Gasteiger charge is -2.30. The van der Waals surface area contributed by atoms with Crippen LogP contribution in [0.5, 0.6) is 0 Å². The Morgan fingerprint density at radius 2 is 2.19 bits per heavy atom. The summed E-state index contributed by atoms with van der Waals surface area (Å²) in [6.45, 7) is 5.40. The van der Waals surface area contributed by atoms with Gasteiger partial charge in [0.2, 0.25) is 0 Å². The maximum absolute atomic E-state index is 5.24. The first kappa shape index (κ1) is 12.1. The second-order valence-electron chi connectivity index (χ2n) is 5.46. The first-order valence-electron chi connectivity index (χ1n) is 6.67. The highest BCUT2D eigenvalue weighted by atomic mass is 16.5. The minimum atomic E-state index is 0.517. The largest absolute Gasteiger partial charge is 0.383 e. The van der Waals surface area contributed by atoms with E-state index in [-0.39, 0.29) is 0 Å². The van der Waals surface area contributed by atoms with Crippen LogP contribution in [0.1, 0.15) is 33.1 Å². The molecule has 0 spiro atoms. The fourth-order valence-corrected chi connectivity index (χ4v) is 3.38. The molecular formula is C14H25NO. The highest BCUT2D eigenvalue weighted by Crippen LogP contribution is 2.44. The van der Waals surface area contributed by atoms with Crippen LogP contribution in [0.25, 0.3) is 0 Å². The normalized spacial score (nSPS) is 35.6. The molecule has 1 N–H and O–H groups in total. The van der Waals surface area contributed by atoms with Gasteiger partial charge in [-0.05, 0) is 43.9 Å². The third-order valence-corrected chi connectivity index (χ3v) is 4.33. The molecule has 16 heavy (non-hydrogen) atoms. The second-order valence-corrected chi connectivity index (χ2v) is 5.46. The van der Waals surface area contributed by atoms with Crippen molar-refractivity contribution in [2.24, 2.45) is 17.8 Å². The molecule has 0 heterocycles. The molecule has 0 aromatic carbocycles. The van der Waals surface area contributed by atoms with Crippen LogP contribution < -0.4 is 5.32 Å². The van der Waals surface area contributed by atoms with Gasteiger partial charge in [-0.15, -0.1) is 0 Å². The van der Waals surface area contributed by atoms with E-state index in [1.54, 1.807) is 7.11 Å². The zero-order valence-electron chi connectivity index (χ0n) is 10.8. The zero-order chi connectivity index (χ0) is 11.5. The van der Waals surface area contributed by atoms with Gasteiger partial charge < -0.3 is 10.1 Å². The van der Waals surface area contributed by atoms with Crippen molar-refractivity contribution in [3.8, 4) is 0 Å². The number of nitrogens with one attached hydrogen (secondary N) is 1. The van der Waals surface area contributed by atoms with E-state index in [1.807, 2.05) is 0 Å². The molecule has 2 aliphatic rings. The summed E-state index contributed by atoms with van der Waals surface area (Å²) in [5, 5.41) is 3.74. The van der Waals surface area contributed by atoms with Crippen molar-refractivity contribution in [1.29, 1.82) is 0 Å². The van der Waals surface area contributed by atoms with Crippen molar-refractivity contribution in [1.82, 2.24) is 5.32 Å². The van der Waals surface area contributed by atoms with Crippen LogP contribution in [0.2, 0.25) is 0 Å². The summed E-state index contributed by atoms with van der Waals surface area (Å²) < 4.78 is 5.24. The molecule has 1 fully saturated rings. The molecule has 92 valence electrons. The molecule has 0 aliphatic heterocycles. The average molecular weight is 223 g/mol. The minimum Gasteiger partial charge on any atom is -0.383 e. The van der Waals surface area contributed by atoms with E-state index in [0.717, 1.165) is 30.8 Å². The van der Waals surface area contributed by atoms with E-state index in [9.17, 15) is 0 Å². The maximum atomic E-state index is 5.24. The number of allylic oxidation sites excluding steroid dienone is 2. The van der Waals surface area contributed by atoms with Gasteiger partial charge in [0, 0.05) is 19.2 Å². The third-order valence-electron chi connectivity index (χ3n) is 4.33. The summed E-state index contributed by atoms with van der Waals surface area (Å²) in [6, 6.07) is 1.14. The Hall–Kier alpha value is -0.340. The molecule has 0 aromatic rings. The van der Waals surface area contributed by atoms with Crippen LogP contribution in [0.3, 0.4) is 0 Å². The van der Waals surface area contributed by atoms with E-state index in [0.29, 0.717) is 12.1 Å². The Labute approximate surface area is 99.4 Å². The second kappa shape index (κ2) is 5.33. The zero-order valence-corrected chi connectivity index (χ0v) is 10.8. The fraction of sp³-hybridized carbons (Fsp3) is 0.857. The molecule has 2 nitrogen and oxygen atoms in total. The smallest absolute Gasteiger partial charge is 0.0615 e. The van der Waals surface area contributed by atoms with Gasteiger partial charge in [-0.25, -0.2) is 0 Å². The van der Waals surface area contributed by atoms with E-state index < -0.39 is 0 Å². The molecule has 0 saturated heterocycles. The van der Waals surface area contributed by atoms with Crippen LogP contribution in [0.15, 0.2) is 12.2 Å². The van der Waals surface area contributed by atoms with Gasteiger partial charge in [0.15, 0.2) is 0 Å². The Bertz CT molecular complexity index is 251. The van der Waals surface area contributed by atoms with E-state index >= 15 is 0 Å². The van der Waals surface area contributed by atoms with Crippen LogP contribution in [0.4, 0.5) is 0 Å². The van der Waals surface area contributed by atoms with Gasteiger partial charge in [-0.3, -0.25) is 0 Å². The Morgan fingerprint density at radius 3 is 2.69 bits per heavy atom. The molecule has 0 amide bonds.